The summed E-state index contributed by atoms with van der Waals surface area (Å²) in [7, 11) is 0. The smallest absolute Gasteiger partial charge is 0.226 e. The van der Waals surface area contributed by atoms with Gasteiger partial charge in [0.25, 0.3) is 0 Å². The molecule has 1 aliphatic heterocycles. The van der Waals surface area contributed by atoms with Crippen molar-refractivity contribution >= 4 is 0 Å². The highest BCUT2D eigenvalue weighted by atomic mass is 16.5. The number of hydrogen-bond acceptors (Lipinski definition) is 6. The van der Waals surface area contributed by atoms with Crippen LogP contribution >= 0.6 is 0 Å². The largest absolute Gasteiger partial charge is 0.444 e. The molecule has 0 N–H and O–H groups in total. The van der Waals surface area contributed by atoms with E-state index in [-0.39, 0.29) is 6.10 Å². The minimum atomic E-state index is 0.226. The van der Waals surface area contributed by atoms with E-state index in [1.54, 1.807) is 6.26 Å². The number of hydrogen-bond donors (Lipinski definition) is 0. The Morgan fingerprint density at radius 1 is 1.23 bits per heavy atom. The van der Waals surface area contributed by atoms with Crippen molar-refractivity contribution in [2.75, 3.05) is 13.1 Å². The Morgan fingerprint density at radius 3 is 2.85 bits per heavy atom. The lowest BCUT2D eigenvalue weighted by molar-refractivity contribution is 0.0452. The first-order valence-electron chi connectivity index (χ1n) is 8.94. The van der Waals surface area contributed by atoms with Gasteiger partial charge in [-0.2, -0.15) is 0 Å². The SMILES string of the molecule is Cc1noc(C)c1COC1CCN(Cc2coc(-c3ccccc3)n2)C1. The summed E-state index contributed by atoms with van der Waals surface area (Å²) in [4.78, 5) is 6.96. The van der Waals surface area contributed by atoms with Crippen LogP contribution < -0.4 is 0 Å². The van der Waals surface area contributed by atoms with Gasteiger partial charge in [0.05, 0.1) is 24.1 Å². The molecule has 6 nitrogen and oxygen atoms in total. The van der Waals surface area contributed by atoms with Gasteiger partial charge in [-0.1, -0.05) is 23.4 Å². The van der Waals surface area contributed by atoms with E-state index in [0.29, 0.717) is 12.5 Å². The summed E-state index contributed by atoms with van der Waals surface area (Å²) in [5.41, 5.74) is 3.93. The summed E-state index contributed by atoms with van der Waals surface area (Å²) in [6.45, 7) is 7.11. The molecule has 1 aliphatic rings. The molecule has 1 unspecified atom stereocenters. The van der Waals surface area contributed by atoms with Crippen molar-refractivity contribution in [1.82, 2.24) is 15.0 Å². The number of benzene rings is 1. The van der Waals surface area contributed by atoms with Crippen molar-refractivity contribution in [2.24, 2.45) is 0 Å². The molecule has 1 fully saturated rings. The van der Waals surface area contributed by atoms with Gasteiger partial charge in [-0.3, -0.25) is 4.90 Å². The molecular formula is C20H23N3O3. The molecular weight excluding hydrogens is 330 g/mol. The van der Waals surface area contributed by atoms with Crippen LogP contribution in [-0.2, 0) is 17.9 Å². The minimum absolute atomic E-state index is 0.226. The van der Waals surface area contributed by atoms with Crippen molar-refractivity contribution in [1.29, 1.82) is 0 Å². The number of oxazole rings is 1. The first kappa shape index (κ1) is 17.0. The van der Waals surface area contributed by atoms with Gasteiger partial charge in [0.15, 0.2) is 0 Å². The van der Waals surface area contributed by atoms with E-state index >= 15 is 0 Å². The topological polar surface area (TPSA) is 64.5 Å². The molecule has 3 aromatic rings. The Hall–Kier alpha value is -2.44. The summed E-state index contributed by atoms with van der Waals surface area (Å²) in [6, 6.07) is 9.97. The van der Waals surface area contributed by atoms with E-state index in [9.17, 15) is 0 Å². The standard InChI is InChI=1S/C20H23N3O3/c1-14-19(15(2)26-22-14)13-24-18-8-9-23(11-18)10-17-12-25-20(21-17)16-6-4-3-5-7-16/h3-7,12,18H,8-11,13H2,1-2H3. The van der Waals surface area contributed by atoms with Gasteiger partial charge in [0.2, 0.25) is 5.89 Å². The van der Waals surface area contributed by atoms with Gasteiger partial charge in [-0.05, 0) is 32.4 Å². The summed E-state index contributed by atoms with van der Waals surface area (Å²) in [5, 5.41) is 3.98. The molecule has 3 heterocycles. The Balaban J connectivity index is 1.30. The quantitative estimate of drug-likeness (QED) is 0.673. The lowest BCUT2D eigenvalue weighted by atomic mass is 10.2. The minimum Gasteiger partial charge on any atom is -0.444 e. The first-order chi connectivity index (χ1) is 12.7. The van der Waals surface area contributed by atoms with Crippen LogP contribution in [0.15, 0.2) is 45.5 Å². The third kappa shape index (κ3) is 3.71. The molecule has 26 heavy (non-hydrogen) atoms. The molecule has 2 aromatic heterocycles. The monoisotopic (exact) mass is 353 g/mol. The molecule has 0 spiro atoms. The highest BCUT2D eigenvalue weighted by molar-refractivity contribution is 5.52. The molecule has 0 aliphatic carbocycles. The first-order valence-corrected chi connectivity index (χ1v) is 8.94. The molecule has 1 atom stereocenters. The maximum atomic E-state index is 6.07. The fraction of sp³-hybridized carbons (Fsp3) is 0.400. The van der Waals surface area contributed by atoms with Crippen LogP contribution in [0.1, 0.15) is 29.1 Å². The maximum absolute atomic E-state index is 6.07. The number of rotatable bonds is 6. The Bertz CT molecular complexity index is 837. The maximum Gasteiger partial charge on any atom is 0.226 e. The average Bonchev–Trinajstić information content (AvgIpc) is 3.37. The second kappa shape index (κ2) is 7.43. The number of aromatic nitrogens is 2. The van der Waals surface area contributed by atoms with E-state index in [2.05, 4.69) is 15.0 Å². The van der Waals surface area contributed by atoms with Gasteiger partial charge in [-0.15, -0.1) is 0 Å². The summed E-state index contributed by atoms with van der Waals surface area (Å²) >= 11 is 0. The normalized spacial score (nSPS) is 17.8. The second-order valence-corrected chi connectivity index (χ2v) is 6.77. The van der Waals surface area contributed by atoms with E-state index < -0.39 is 0 Å². The zero-order chi connectivity index (χ0) is 17.9. The molecule has 1 saturated heterocycles. The van der Waals surface area contributed by atoms with Crippen molar-refractivity contribution in [3.05, 3.63) is 59.3 Å². The van der Waals surface area contributed by atoms with Crippen molar-refractivity contribution in [3.8, 4) is 11.5 Å². The third-order valence-corrected chi connectivity index (χ3v) is 4.83. The molecule has 0 saturated carbocycles. The second-order valence-electron chi connectivity index (χ2n) is 6.77. The molecule has 6 heteroatoms. The van der Waals surface area contributed by atoms with Crippen LogP contribution in [-0.4, -0.2) is 34.2 Å². The fourth-order valence-corrected chi connectivity index (χ4v) is 3.31. The predicted octanol–water partition coefficient (Wildman–Crippen LogP) is 3.74. The number of likely N-dealkylation sites (tertiary alicyclic amines) is 1. The summed E-state index contributed by atoms with van der Waals surface area (Å²) < 4.78 is 16.9. The molecule has 4 rings (SSSR count). The molecule has 0 radical (unpaired) electrons. The average molecular weight is 353 g/mol. The lowest BCUT2D eigenvalue weighted by Crippen LogP contribution is -2.23. The predicted molar refractivity (Wildman–Crippen MR) is 96.4 cm³/mol. The molecule has 0 bridgehead atoms. The van der Waals surface area contributed by atoms with Gasteiger partial charge < -0.3 is 13.7 Å². The Morgan fingerprint density at radius 2 is 2.08 bits per heavy atom. The van der Waals surface area contributed by atoms with Crippen LogP contribution in [0.2, 0.25) is 0 Å². The van der Waals surface area contributed by atoms with E-state index in [1.165, 1.54) is 0 Å². The van der Waals surface area contributed by atoms with Crippen LogP contribution in [0.5, 0.6) is 0 Å². The van der Waals surface area contributed by atoms with Crippen LogP contribution in [0.3, 0.4) is 0 Å². The highest BCUT2D eigenvalue weighted by Crippen LogP contribution is 2.22. The Kier molecular flexibility index (Phi) is 4.86. The van der Waals surface area contributed by atoms with Gasteiger partial charge in [0, 0.05) is 30.8 Å². The number of ether oxygens (including phenoxy) is 1. The van der Waals surface area contributed by atoms with Crippen LogP contribution in [0, 0.1) is 13.8 Å². The van der Waals surface area contributed by atoms with Gasteiger partial charge in [0.1, 0.15) is 12.0 Å². The van der Waals surface area contributed by atoms with Crippen LogP contribution in [0.25, 0.3) is 11.5 Å². The summed E-state index contributed by atoms with van der Waals surface area (Å²) in [6.07, 6.45) is 3.00. The third-order valence-electron chi connectivity index (χ3n) is 4.83. The number of aryl methyl sites for hydroxylation is 2. The zero-order valence-corrected chi connectivity index (χ0v) is 15.1. The van der Waals surface area contributed by atoms with Crippen molar-refractivity contribution in [2.45, 2.75) is 39.5 Å². The molecule has 136 valence electrons. The zero-order valence-electron chi connectivity index (χ0n) is 15.1. The van der Waals surface area contributed by atoms with E-state index in [4.69, 9.17) is 13.7 Å². The summed E-state index contributed by atoms with van der Waals surface area (Å²) in [5.74, 6) is 1.51. The van der Waals surface area contributed by atoms with Crippen LogP contribution in [0.4, 0.5) is 0 Å². The van der Waals surface area contributed by atoms with Crippen molar-refractivity contribution < 1.29 is 13.7 Å². The Labute approximate surface area is 152 Å². The fourth-order valence-electron chi connectivity index (χ4n) is 3.31. The molecule has 1 aromatic carbocycles. The highest BCUT2D eigenvalue weighted by Gasteiger charge is 2.25. The lowest BCUT2D eigenvalue weighted by Gasteiger charge is -2.14. The van der Waals surface area contributed by atoms with Gasteiger partial charge in [-0.25, -0.2) is 4.98 Å². The molecule has 0 amide bonds. The van der Waals surface area contributed by atoms with E-state index in [0.717, 1.165) is 54.3 Å². The van der Waals surface area contributed by atoms with Crippen molar-refractivity contribution in [3.63, 3.8) is 0 Å². The van der Waals surface area contributed by atoms with Gasteiger partial charge >= 0.3 is 0 Å². The van der Waals surface area contributed by atoms with E-state index in [1.807, 2.05) is 44.2 Å². The number of nitrogens with zero attached hydrogens (tertiary/aromatic N) is 3.